The minimum Gasteiger partial charge on any atom is -0.504 e. The first-order valence-corrected chi connectivity index (χ1v) is 10.3. The normalized spacial score (nSPS) is 12.8. The van der Waals surface area contributed by atoms with Crippen molar-refractivity contribution in [2.75, 3.05) is 14.2 Å². The molecule has 0 radical (unpaired) electrons. The maximum atomic E-state index is 13.8. The number of halogens is 1. The average Bonchev–Trinajstić information content (AvgIpc) is 2.81. The first-order chi connectivity index (χ1) is 15.3. The molecule has 6 heteroatoms. The number of hydrogen-bond acceptors (Lipinski definition) is 5. The number of para-hydroxylation sites is 3. The van der Waals surface area contributed by atoms with Crippen LogP contribution in [0.15, 0.2) is 71.7 Å². The van der Waals surface area contributed by atoms with Gasteiger partial charge in [0.15, 0.2) is 11.6 Å². The van der Waals surface area contributed by atoms with Gasteiger partial charge in [0.1, 0.15) is 17.1 Å². The standard InChI is InChI=1S/C26H28FNO4/c1-17(2)25(28-16-18-10-9-13-21(27)24(18)29)26(30,19-11-5-7-14-22(19)31-3)20-12-6-8-15-23(20)32-4/h5-17,25,29-30H,1-4H3/t25-/m0/s1. The van der Waals surface area contributed by atoms with E-state index in [0.29, 0.717) is 22.6 Å². The zero-order valence-electron chi connectivity index (χ0n) is 18.6. The summed E-state index contributed by atoms with van der Waals surface area (Å²) in [5.41, 5.74) is -0.386. The zero-order valence-corrected chi connectivity index (χ0v) is 18.6. The summed E-state index contributed by atoms with van der Waals surface area (Å²) in [6.07, 6.45) is 1.39. The molecule has 0 unspecified atom stereocenters. The molecule has 3 aromatic rings. The fourth-order valence-corrected chi connectivity index (χ4v) is 3.94. The number of aliphatic hydroxyl groups is 1. The van der Waals surface area contributed by atoms with Crippen LogP contribution in [0.25, 0.3) is 0 Å². The minimum atomic E-state index is -1.65. The number of nitrogens with zero attached hydrogens (tertiary/aromatic N) is 1. The molecular weight excluding hydrogens is 409 g/mol. The van der Waals surface area contributed by atoms with Gasteiger partial charge in [-0.3, -0.25) is 4.99 Å². The Kier molecular flexibility index (Phi) is 7.15. The molecule has 0 aromatic heterocycles. The summed E-state index contributed by atoms with van der Waals surface area (Å²) in [6, 6.07) is 17.9. The van der Waals surface area contributed by atoms with Gasteiger partial charge in [0.2, 0.25) is 0 Å². The van der Waals surface area contributed by atoms with Crippen molar-refractivity contribution in [3.05, 3.63) is 89.2 Å². The Bertz CT molecular complexity index is 1050. The highest BCUT2D eigenvalue weighted by molar-refractivity contribution is 5.83. The smallest absolute Gasteiger partial charge is 0.165 e. The SMILES string of the molecule is COc1ccccc1C(O)(c1ccccc1OC)[C@@H](N=Cc1cccc(F)c1O)C(C)C. The van der Waals surface area contributed by atoms with Crippen molar-refractivity contribution in [1.29, 1.82) is 0 Å². The van der Waals surface area contributed by atoms with E-state index in [1.165, 1.54) is 18.3 Å². The lowest BCUT2D eigenvalue weighted by Gasteiger charge is -2.38. The zero-order chi connectivity index (χ0) is 23.3. The summed E-state index contributed by atoms with van der Waals surface area (Å²) in [5.74, 6) is -0.385. The first kappa shape index (κ1) is 23.3. The van der Waals surface area contributed by atoms with Crippen molar-refractivity contribution < 1.29 is 24.1 Å². The monoisotopic (exact) mass is 437 g/mol. The van der Waals surface area contributed by atoms with Crippen LogP contribution in [0.5, 0.6) is 17.2 Å². The Balaban J connectivity index is 2.26. The Morgan fingerprint density at radius 3 is 1.91 bits per heavy atom. The van der Waals surface area contributed by atoms with Gasteiger partial charge in [-0.1, -0.05) is 56.3 Å². The number of phenols is 1. The second-order valence-corrected chi connectivity index (χ2v) is 7.81. The molecule has 2 N–H and O–H groups in total. The van der Waals surface area contributed by atoms with Gasteiger partial charge >= 0.3 is 0 Å². The van der Waals surface area contributed by atoms with Crippen molar-refractivity contribution in [3.8, 4) is 17.2 Å². The molecular formula is C26H28FNO4. The van der Waals surface area contributed by atoms with E-state index in [9.17, 15) is 14.6 Å². The van der Waals surface area contributed by atoms with Gasteiger partial charge in [-0.2, -0.15) is 0 Å². The molecule has 32 heavy (non-hydrogen) atoms. The van der Waals surface area contributed by atoms with E-state index in [4.69, 9.17) is 9.47 Å². The van der Waals surface area contributed by atoms with Gasteiger partial charge in [-0.15, -0.1) is 0 Å². The van der Waals surface area contributed by atoms with Crippen molar-refractivity contribution in [2.24, 2.45) is 10.9 Å². The summed E-state index contributed by atoms with van der Waals surface area (Å²) < 4.78 is 25.0. The predicted molar refractivity (Wildman–Crippen MR) is 123 cm³/mol. The van der Waals surface area contributed by atoms with Gasteiger partial charge in [0.05, 0.1) is 20.3 Å². The van der Waals surface area contributed by atoms with Crippen LogP contribution in [0.3, 0.4) is 0 Å². The lowest BCUT2D eigenvalue weighted by molar-refractivity contribution is 0.0321. The van der Waals surface area contributed by atoms with Gasteiger partial charge in [0.25, 0.3) is 0 Å². The van der Waals surface area contributed by atoms with Crippen molar-refractivity contribution in [2.45, 2.75) is 25.5 Å². The molecule has 3 rings (SSSR count). The maximum Gasteiger partial charge on any atom is 0.165 e. The summed E-state index contributed by atoms with van der Waals surface area (Å²) in [7, 11) is 3.08. The molecule has 0 spiro atoms. The third-order valence-corrected chi connectivity index (χ3v) is 5.49. The Labute approximate surface area is 187 Å². The third kappa shape index (κ3) is 4.32. The quantitative estimate of drug-likeness (QED) is 0.491. The topological polar surface area (TPSA) is 71.3 Å². The van der Waals surface area contributed by atoms with E-state index in [0.717, 1.165) is 0 Å². The summed E-state index contributed by atoms with van der Waals surface area (Å²) in [4.78, 5) is 4.66. The lowest BCUT2D eigenvalue weighted by atomic mass is 9.75. The molecule has 0 bridgehead atoms. The second-order valence-electron chi connectivity index (χ2n) is 7.81. The number of aromatic hydroxyl groups is 1. The fraction of sp³-hybridized carbons (Fsp3) is 0.269. The van der Waals surface area contributed by atoms with Gasteiger partial charge in [-0.05, 0) is 30.2 Å². The first-order valence-electron chi connectivity index (χ1n) is 10.3. The molecule has 3 aromatic carbocycles. The Morgan fingerprint density at radius 2 is 1.41 bits per heavy atom. The van der Waals surface area contributed by atoms with Crippen LogP contribution in [-0.4, -0.2) is 36.7 Å². The highest BCUT2D eigenvalue weighted by Gasteiger charge is 2.45. The second kappa shape index (κ2) is 9.83. The van der Waals surface area contributed by atoms with Crippen LogP contribution in [-0.2, 0) is 5.60 Å². The van der Waals surface area contributed by atoms with Crippen LogP contribution in [0.1, 0.15) is 30.5 Å². The van der Waals surface area contributed by atoms with Gasteiger partial charge in [-0.25, -0.2) is 4.39 Å². The minimum absolute atomic E-state index is 0.151. The van der Waals surface area contributed by atoms with Crippen LogP contribution in [0.2, 0.25) is 0 Å². The molecule has 0 amide bonds. The van der Waals surface area contributed by atoms with E-state index in [1.807, 2.05) is 38.1 Å². The summed E-state index contributed by atoms with van der Waals surface area (Å²) in [6.45, 7) is 3.87. The molecule has 0 aliphatic rings. The number of benzene rings is 3. The number of ether oxygens (including phenoxy) is 2. The predicted octanol–water partition coefficient (Wildman–Crippen LogP) is 4.93. The van der Waals surface area contributed by atoms with Crippen LogP contribution >= 0.6 is 0 Å². The van der Waals surface area contributed by atoms with E-state index in [1.54, 1.807) is 44.6 Å². The molecule has 5 nitrogen and oxygen atoms in total. The average molecular weight is 438 g/mol. The molecule has 0 saturated carbocycles. The molecule has 0 fully saturated rings. The van der Waals surface area contributed by atoms with E-state index >= 15 is 0 Å². The Hall–Kier alpha value is -3.38. The van der Waals surface area contributed by atoms with E-state index < -0.39 is 23.2 Å². The molecule has 0 aliphatic carbocycles. The number of phenolic OH excluding ortho intramolecular Hbond substituents is 1. The number of rotatable bonds is 8. The van der Waals surface area contributed by atoms with E-state index in [2.05, 4.69) is 4.99 Å². The number of methoxy groups -OCH3 is 2. The molecule has 168 valence electrons. The van der Waals surface area contributed by atoms with Crippen LogP contribution in [0, 0.1) is 11.7 Å². The molecule has 1 atom stereocenters. The molecule has 0 heterocycles. The molecule has 0 aliphatic heterocycles. The summed E-state index contributed by atoms with van der Waals surface area (Å²) in [5, 5.41) is 22.5. The number of hydrogen-bond donors (Lipinski definition) is 2. The fourth-order valence-electron chi connectivity index (χ4n) is 3.94. The molecule has 0 saturated heterocycles. The van der Waals surface area contributed by atoms with Gasteiger partial charge in [0, 0.05) is 22.9 Å². The third-order valence-electron chi connectivity index (χ3n) is 5.49. The van der Waals surface area contributed by atoms with Crippen molar-refractivity contribution in [1.82, 2.24) is 0 Å². The lowest BCUT2D eigenvalue weighted by Crippen LogP contribution is -2.43. The summed E-state index contributed by atoms with van der Waals surface area (Å²) >= 11 is 0. The van der Waals surface area contributed by atoms with Crippen molar-refractivity contribution >= 4 is 6.21 Å². The Morgan fingerprint density at radius 1 is 0.875 bits per heavy atom. The van der Waals surface area contributed by atoms with E-state index in [-0.39, 0.29) is 11.5 Å². The highest BCUT2D eigenvalue weighted by atomic mass is 19.1. The highest BCUT2D eigenvalue weighted by Crippen LogP contribution is 2.45. The van der Waals surface area contributed by atoms with Crippen LogP contribution < -0.4 is 9.47 Å². The number of aliphatic imine (C=N–C) groups is 1. The van der Waals surface area contributed by atoms with Crippen molar-refractivity contribution in [3.63, 3.8) is 0 Å². The van der Waals surface area contributed by atoms with Gasteiger partial charge < -0.3 is 19.7 Å². The maximum absolute atomic E-state index is 13.8. The van der Waals surface area contributed by atoms with Crippen LogP contribution in [0.4, 0.5) is 4.39 Å². The largest absolute Gasteiger partial charge is 0.504 e.